The van der Waals surface area contributed by atoms with E-state index in [-0.39, 0.29) is 17.5 Å². The highest BCUT2D eigenvalue weighted by molar-refractivity contribution is 6.09. The van der Waals surface area contributed by atoms with Crippen molar-refractivity contribution in [2.24, 2.45) is 5.92 Å². The van der Waals surface area contributed by atoms with Crippen LogP contribution in [0.3, 0.4) is 0 Å². The molecule has 2 amide bonds. The number of hydrogen-bond acceptors (Lipinski definition) is 3. The topological polar surface area (TPSA) is 49.9 Å². The van der Waals surface area contributed by atoms with E-state index in [9.17, 15) is 14.0 Å². The van der Waals surface area contributed by atoms with E-state index in [0.29, 0.717) is 39.3 Å². The van der Waals surface area contributed by atoms with Gasteiger partial charge in [0.25, 0.3) is 0 Å². The number of hydrogen-bond donors (Lipinski definition) is 0. The fourth-order valence-corrected chi connectivity index (χ4v) is 2.82. The number of benzene rings is 1. The van der Waals surface area contributed by atoms with Gasteiger partial charge in [0, 0.05) is 19.6 Å². The Morgan fingerprint density at radius 3 is 2.62 bits per heavy atom. The van der Waals surface area contributed by atoms with Gasteiger partial charge in [-0.15, -0.1) is 0 Å². The fraction of sp³-hybridized carbons (Fsp3) is 0.467. The first-order valence-corrected chi connectivity index (χ1v) is 7.11. The maximum atomic E-state index is 13.8. The third kappa shape index (κ3) is 2.63. The molecule has 0 spiro atoms. The van der Waals surface area contributed by atoms with E-state index in [4.69, 9.17) is 4.74 Å². The minimum absolute atomic E-state index is 0.165. The number of carbonyl (C=O) groups excluding carboxylic acids is 2. The van der Waals surface area contributed by atoms with Gasteiger partial charge >= 0.3 is 0 Å². The van der Waals surface area contributed by atoms with Crippen molar-refractivity contribution < 1.29 is 18.7 Å². The molecule has 0 aromatic heterocycles. The Bertz CT molecular complexity index is 558. The zero-order valence-corrected chi connectivity index (χ0v) is 11.6. The number of rotatable bonds is 2. The predicted molar refractivity (Wildman–Crippen MR) is 74.3 cm³/mol. The predicted octanol–water partition coefficient (Wildman–Crippen LogP) is 1.04. The average molecular weight is 292 g/mol. The van der Waals surface area contributed by atoms with Gasteiger partial charge in [-0.25, -0.2) is 4.39 Å². The highest BCUT2D eigenvalue weighted by atomic mass is 19.1. The van der Waals surface area contributed by atoms with Crippen molar-refractivity contribution in [2.45, 2.75) is 6.42 Å². The Kier molecular flexibility index (Phi) is 3.88. The number of ether oxygens (including phenoxy) is 1. The molecule has 5 nitrogen and oxygen atoms in total. The molecule has 0 N–H and O–H groups in total. The zero-order chi connectivity index (χ0) is 14.8. The van der Waals surface area contributed by atoms with E-state index >= 15 is 0 Å². The summed E-state index contributed by atoms with van der Waals surface area (Å²) in [6, 6.07) is 6.15. The Balaban J connectivity index is 1.74. The molecule has 1 aromatic rings. The lowest BCUT2D eigenvalue weighted by Crippen LogP contribution is -2.45. The van der Waals surface area contributed by atoms with Crippen molar-refractivity contribution >= 4 is 17.5 Å². The van der Waals surface area contributed by atoms with Crippen LogP contribution in [0.5, 0.6) is 0 Å². The summed E-state index contributed by atoms with van der Waals surface area (Å²) in [4.78, 5) is 27.9. The van der Waals surface area contributed by atoms with Gasteiger partial charge in [0.05, 0.1) is 18.9 Å². The summed E-state index contributed by atoms with van der Waals surface area (Å²) >= 11 is 0. The van der Waals surface area contributed by atoms with Crippen LogP contribution in [0, 0.1) is 11.7 Å². The van der Waals surface area contributed by atoms with Crippen LogP contribution in [0.2, 0.25) is 0 Å². The molecular formula is C15H17FN2O3. The maximum absolute atomic E-state index is 13.8. The Hall–Kier alpha value is -1.95. The van der Waals surface area contributed by atoms with E-state index < -0.39 is 11.7 Å². The lowest BCUT2D eigenvalue weighted by Gasteiger charge is -2.28. The molecule has 2 aliphatic rings. The molecule has 2 aliphatic heterocycles. The van der Waals surface area contributed by atoms with E-state index in [1.165, 1.54) is 11.0 Å². The standard InChI is InChI=1S/C15H17FN2O3/c16-12-3-1-2-4-13(12)18-6-5-11(15(18)20)14(19)17-7-9-21-10-8-17/h1-4,11H,5-10H2. The van der Waals surface area contributed by atoms with E-state index in [1.54, 1.807) is 23.1 Å². The molecular weight excluding hydrogens is 275 g/mol. The summed E-state index contributed by atoms with van der Waals surface area (Å²) in [5, 5.41) is 0. The third-order valence-corrected chi connectivity index (χ3v) is 3.97. The molecule has 1 atom stereocenters. The number of nitrogens with zero attached hydrogens (tertiary/aromatic N) is 2. The SMILES string of the molecule is O=C(C1CCN(c2ccccc2F)C1=O)N1CCOCC1. The first-order chi connectivity index (χ1) is 10.2. The summed E-state index contributed by atoms with van der Waals surface area (Å²) in [7, 11) is 0. The number of anilines is 1. The van der Waals surface area contributed by atoms with Crippen LogP contribution in [0.1, 0.15) is 6.42 Å². The largest absolute Gasteiger partial charge is 0.378 e. The Labute approximate surface area is 122 Å². The third-order valence-electron chi connectivity index (χ3n) is 3.97. The summed E-state index contributed by atoms with van der Waals surface area (Å²) in [5.41, 5.74) is 0.250. The van der Waals surface area contributed by atoms with Crippen molar-refractivity contribution in [1.29, 1.82) is 0 Å². The van der Waals surface area contributed by atoms with Gasteiger partial charge < -0.3 is 14.5 Å². The molecule has 2 heterocycles. The van der Waals surface area contributed by atoms with Crippen LogP contribution in [-0.4, -0.2) is 49.6 Å². The van der Waals surface area contributed by atoms with Crippen LogP contribution >= 0.6 is 0 Å². The monoisotopic (exact) mass is 292 g/mol. The van der Waals surface area contributed by atoms with Crippen LogP contribution in [0.4, 0.5) is 10.1 Å². The molecule has 21 heavy (non-hydrogen) atoms. The molecule has 2 saturated heterocycles. The van der Waals surface area contributed by atoms with Crippen molar-refractivity contribution in [1.82, 2.24) is 4.90 Å². The molecule has 1 aromatic carbocycles. The summed E-state index contributed by atoms with van der Waals surface area (Å²) in [6.45, 7) is 2.42. The first-order valence-electron chi connectivity index (χ1n) is 7.11. The Morgan fingerprint density at radius 2 is 1.90 bits per heavy atom. The summed E-state index contributed by atoms with van der Waals surface area (Å²) in [5.74, 6) is -1.60. The lowest BCUT2D eigenvalue weighted by molar-refractivity contribution is -0.143. The second kappa shape index (κ2) is 5.81. The van der Waals surface area contributed by atoms with Crippen molar-refractivity contribution in [2.75, 3.05) is 37.7 Å². The van der Waals surface area contributed by atoms with Crippen molar-refractivity contribution in [3.8, 4) is 0 Å². The van der Waals surface area contributed by atoms with Crippen molar-refractivity contribution in [3.05, 3.63) is 30.1 Å². The van der Waals surface area contributed by atoms with E-state index in [1.807, 2.05) is 0 Å². The maximum Gasteiger partial charge on any atom is 0.239 e. The Morgan fingerprint density at radius 1 is 1.19 bits per heavy atom. The summed E-state index contributed by atoms with van der Waals surface area (Å²) < 4.78 is 19.0. The first kappa shape index (κ1) is 14.0. The van der Waals surface area contributed by atoms with Gasteiger partial charge in [0.1, 0.15) is 11.7 Å². The van der Waals surface area contributed by atoms with Crippen molar-refractivity contribution in [3.63, 3.8) is 0 Å². The number of para-hydroxylation sites is 1. The quantitative estimate of drug-likeness (QED) is 0.765. The molecule has 0 radical (unpaired) electrons. The molecule has 1 unspecified atom stereocenters. The smallest absolute Gasteiger partial charge is 0.239 e. The van der Waals surface area contributed by atoms with E-state index in [0.717, 1.165) is 0 Å². The molecule has 0 saturated carbocycles. The number of carbonyl (C=O) groups is 2. The van der Waals surface area contributed by atoms with Gasteiger partial charge in [-0.2, -0.15) is 0 Å². The second-order valence-corrected chi connectivity index (χ2v) is 5.22. The molecule has 0 bridgehead atoms. The van der Waals surface area contributed by atoms with Crippen LogP contribution in [0.15, 0.2) is 24.3 Å². The zero-order valence-electron chi connectivity index (χ0n) is 11.6. The summed E-state index contributed by atoms with van der Waals surface area (Å²) in [6.07, 6.45) is 0.434. The second-order valence-electron chi connectivity index (χ2n) is 5.22. The highest BCUT2D eigenvalue weighted by Crippen LogP contribution is 2.28. The van der Waals surface area contributed by atoms with Gasteiger partial charge in [0.15, 0.2) is 0 Å². The molecule has 2 fully saturated rings. The van der Waals surface area contributed by atoms with Gasteiger partial charge in [-0.3, -0.25) is 9.59 Å². The van der Waals surface area contributed by atoms with Gasteiger partial charge in [-0.05, 0) is 18.6 Å². The molecule has 3 rings (SSSR count). The number of morpholine rings is 1. The molecule has 112 valence electrons. The van der Waals surface area contributed by atoms with Gasteiger partial charge in [-0.1, -0.05) is 12.1 Å². The molecule has 0 aliphatic carbocycles. The van der Waals surface area contributed by atoms with Gasteiger partial charge in [0.2, 0.25) is 11.8 Å². The number of halogens is 1. The van der Waals surface area contributed by atoms with E-state index in [2.05, 4.69) is 0 Å². The molecule has 6 heteroatoms. The van der Waals surface area contributed by atoms with Crippen LogP contribution in [-0.2, 0) is 14.3 Å². The minimum Gasteiger partial charge on any atom is -0.378 e. The normalized spacial score (nSPS) is 22.7. The van der Waals surface area contributed by atoms with Crippen LogP contribution in [0.25, 0.3) is 0 Å². The van der Waals surface area contributed by atoms with Crippen LogP contribution < -0.4 is 4.90 Å². The fourth-order valence-electron chi connectivity index (χ4n) is 2.82. The minimum atomic E-state index is -0.692. The average Bonchev–Trinajstić information content (AvgIpc) is 2.89. The lowest BCUT2D eigenvalue weighted by atomic mass is 10.1. The number of amides is 2. The highest BCUT2D eigenvalue weighted by Gasteiger charge is 2.40.